The van der Waals surface area contributed by atoms with Crippen LogP contribution in [0.5, 0.6) is 12.0 Å². The van der Waals surface area contributed by atoms with Crippen LogP contribution in [0.2, 0.25) is 0 Å². The second kappa shape index (κ2) is 19.8. The van der Waals surface area contributed by atoms with Crippen molar-refractivity contribution < 1.29 is 19.1 Å². The van der Waals surface area contributed by atoms with Gasteiger partial charge in [0, 0.05) is 46.6 Å². The van der Waals surface area contributed by atoms with Crippen LogP contribution in [-0.4, -0.2) is 81.3 Å². The largest absolute Gasteiger partial charge is 0.458 e. The summed E-state index contributed by atoms with van der Waals surface area (Å²) in [5.41, 5.74) is 4.46. The van der Waals surface area contributed by atoms with Crippen molar-refractivity contribution in [3.05, 3.63) is 67.5 Å². The van der Waals surface area contributed by atoms with E-state index in [1.807, 2.05) is 47.2 Å². The summed E-state index contributed by atoms with van der Waals surface area (Å²) in [5.74, 6) is 1.38. The molecule has 24 heteroatoms. The number of nitrogens with one attached hydrogen (secondary N) is 2. The van der Waals surface area contributed by atoms with E-state index in [4.69, 9.17) is 9.47 Å². The number of hydrogen-bond acceptors (Lipinski definition) is 16. The van der Waals surface area contributed by atoms with Crippen molar-refractivity contribution >= 4 is 98.7 Å². The number of amides is 2. The predicted molar refractivity (Wildman–Crippen MR) is 236 cm³/mol. The molecule has 0 saturated carbocycles. The second-order valence-electron chi connectivity index (χ2n) is 13.9. The summed E-state index contributed by atoms with van der Waals surface area (Å²) in [7, 11) is 3.49. The molecule has 318 valence electrons. The highest BCUT2D eigenvalue weighted by atomic mass is 79.9. The molecule has 0 aliphatic heterocycles. The minimum atomic E-state index is -0.0306. The molecule has 2 aromatic carbocycles. The zero-order valence-electron chi connectivity index (χ0n) is 33.6. The fraction of sp³-hybridized carbons (Fsp3) is 0.351. The number of benzene rings is 2. The minimum Gasteiger partial charge on any atom is -0.458 e. The zero-order chi connectivity index (χ0) is 43.0. The smallest absolute Gasteiger partial charge is 0.305 e. The number of nitrogens with zero attached hydrogens (tertiary/aromatic N) is 14. The number of hydrogen-bond donors (Lipinski definition) is 2. The third kappa shape index (κ3) is 10.4. The van der Waals surface area contributed by atoms with Crippen LogP contribution in [0.15, 0.2) is 56.1 Å². The highest BCUT2D eigenvalue weighted by molar-refractivity contribution is 9.11. The summed E-state index contributed by atoms with van der Waals surface area (Å²) in [6, 6.07) is 12.2. The quantitative estimate of drug-likeness (QED) is 0.0977. The number of anilines is 2. The number of imidazole rings is 2. The summed E-state index contributed by atoms with van der Waals surface area (Å²) in [6.07, 6.45) is 3.65. The standard InChI is InChI=1S/C19H21BrN8O2S.C18H19BrN8O2S/c1-11(2)7-8-15(29)22-17-21-12(10-31-17)9-30-19-23-16-13(20)5-4-6-14(16)28(19)18-24-25-26-27(18)3;1-3-4-8-14(28)21-16-20-11(10-30-16)9-29-18-22-15-12(19)6-5-7-13(15)27(18)17-23-24-25-26(17)2/h4-6,10-11H,7-9H2,1-3H3,(H,21,22,29);5-7,10H,3-4,8-9H2,1-2H3,(H,20,21,28). The van der Waals surface area contributed by atoms with E-state index in [1.54, 1.807) is 32.6 Å². The van der Waals surface area contributed by atoms with Crippen molar-refractivity contribution in [2.24, 2.45) is 20.0 Å². The first-order valence-corrected chi connectivity index (χ1v) is 22.4. The van der Waals surface area contributed by atoms with Gasteiger partial charge in [0.05, 0.1) is 22.4 Å². The van der Waals surface area contributed by atoms with Crippen molar-refractivity contribution in [1.29, 1.82) is 0 Å². The molecule has 8 rings (SSSR count). The van der Waals surface area contributed by atoms with Crippen molar-refractivity contribution in [3.63, 3.8) is 0 Å². The molecule has 2 N–H and O–H groups in total. The number of fused-ring (bicyclic) bond motifs is 2. The molecule has 61 heavy (non-hydrogen) atoms. The number of ether oxygens (including phenoxy) is 2. The molecule has 0 atom stereocenters. The van der Waals surface area contributed by atoms with Gasteiger partial charge in [-0.05, 0) is 95.7 Å². The van der Waals surface area contributed by atoms with Crippen LogP contribution < -0.4 is 20.1 Å². The van der Waals surface area contributed by atoms with Gasteiger partial charge in [0.2, 0.25) is 11.8 Å². The van der Waals surface area contributed by atoms with Crippen LogP contribution >= 0.6 is 54.5 Å². The number of aromatic nitrogens is 14. The molecule has 0 aliphatic carbocycles. The van der Waals surface area contributed by atoms with Gasteiger partial charge in [-0.2, -0.15) is 9.97 Å². The number of halogens is 2. The molecule has 0 unspecified atom stereocenters. The van der Waals surface area contributed by atoms with E-state index in [0.29, 0.717) is 64.3 Å². The molecule has 0 saturated heterocycles. The molecular formula is C37H40Br2N16O4S2. The van der Waals surface area contributed by atoms with Crippen molar-refractivity contribution in [2.45, 2.75) is 66.1 Å². The number of thiazole rings is 2. The van der Waals surface area contributed by atoms with Gasteiger partial charge in [-0.15, -0.1) is 22.7 Å². The molecule has 0 spiro atoms. The monoisotopic (exact) mass is 994 g/mol. The Morgan fingerprint density at radius 2 is 1.20 bits per heavy atom. The molecule has 0 radical (unpaired) electrons. The lowest BCUT2D eigenvalue weighted by molar-refractivity contribution is -0.117. The highest BCUT2D eigenvalue weighted by Gasteiger charge is 2.22. The number of aryl methyl sites for hydroxylation is 2. The zero-order valence-corrected chi connectivity index (χ0v) is 38.4. The number of unbranched alkanes of at least 4 members (excludes halogenated alkanes) is 1. The van der Waals surface area contributed by atoms with Crippen LogP contribution in [0, 0.1) is 5.92 Å². The fourth-order valence-corrected chi connectivity index (χ4v) is 8.07. The molecule has 0 fully saturated rings. The van der Waals surface area contributed by atoms with E-state index in [1.165, 1.54) is 22.7 Å². The van der Waals surface area contributed by atoms with Gasteiger partial charge in [0.25, 0.3) is 11.9 Å². The average Bonchev–Trinajstić information content (AvgIpc) is 4.10. The summed E-state index contributed by atoms with van der Waals surface area (Å²) < 4.78 is 20.2. The van der Waals surface area contributed by atoms with Crippen LogP contribution in [0.1, 0.15) is 64.3 Å². The Kier molecular flexibility index (Phi) is 14.1. The van der Waals surface area contributed by atoms with E-state index < -0.39 is 0 Å². The van der Waals surface area contributed by atoms with E-state index in [-0.39, 0.29) is 25.0 Å². The number of carbonyl (C=O) groups is 2. The van der Waals surface area contributed by atoms with Gasteiger partial charge in [-0.3, -0.25) is 9.59 Å². The Bertz CT molecular complexity index is 2770. The third-order valence-corrected chi connectivity index (χ3v) is 11.7. The van der Waals surface area contributed by atoms with E-state index >= 15 is 0 Å². The Morgan fingerprint density at radius 1 is 0.721 bits per heavy atom. The molecule has 20 nitrogen and oxygen atoms in total. The lowest BCUT2D eigenvalue weighted by atomic mass is 10.1. The molecule has 0 aliphatic rings. The Balaban J connectivity index is 0.000000184. The van der Waals surface area contributed by atoms with Crippen LogP contribution in [0.3, 0.4) is 0 Å². The number of carbonyl (C=O) groups excluding carboxylic acids is 2. The topological polar surface area (TPSA) is 225 Å². The number of rotatable bonds is 16. The molecule has 6 aromatic heterocycles. The highest BCUT2D eigenvalue weighted by Crippen LogP contribution is 2.32. The summed E-state index contributed by atoms with van der Waals surface area (Å²) >= 11 is 9.78. The van der Waals surface area contributed by atoms with Crippen molar-refractivity contribution in [3.8, 4) is 23.9 Å². The van der Waals surface area contributed by atoms with Gasteiger partial charge >= 0.3 is 12.0 Å². The maximum Gasteiger partial charge on any atom is 0.305 e. The van der Waals surface area contributed by atoms with Crippen molar-refractivity contribution in [2.75, 3.05) is 10.6 Å². The summed E-state index contributed by atoms with van der Waals surface area (Å²) in [6.45, 7) is 6.61. The van der Waals surface area contributed by atoms with E-state index in [9.17, 15) is 9.59 Å². The van der Waals surface area contributed by atoms with Crippen LogP contribution in [0.4, 0.5) is 10.3 Å². The lowest BCUT2D eigenvalue weighted by Crippen LogP contribution is -2.12. The Labute approximate surface area is 373 Å². The number of para-hydroxylation sites is 2. The van der Waals surface area contributed by atoms with Gasteiger partial charge in [-0.1, -0.05) is 49.5 Å². The first kappa shape index (κ1) is 43.4. The van der Waals surface area contributed by atoms with E-state index in [0.717, 1.165) is 50.3 Å². The second-order valence-corrected chi connectivity index (χ2v) is 17.3. The SMILES string of the molecule is CC(C)CCC(=O)Nc1nc(COc2nc3c(Br)cccc3n2-c2nnnn2C)cs1.CCCCC(=O)Nc1nc(COc2nc3c(Br)cccc3n2-c2nnnn2C)cs1. The summed E-state index contributed by atoms with van der Waals surface area (Å²) in [5, 5.41) is 33.9. The lowest BCUT2D eigenvalue weighted by Gasteiger charge is -2.07. The van der Waals surface area contributed by atoms with Gasteiger partial charge in [-0.25, -0.2) is 28.5 Å². The van der Waals surface area contributed by atoms with E-state index in [2.05, 4.69) is 114 Å². The molecule has 2 amide bonds. The first-order valence-electron chi connectivity index (χ1n) is 19.0. The number of tetrazole rings is 2. The maximum absolute atomic E-state index is 12.0. The summed E-state index contributed by atoms with van der Waals surface area (Å²) in [4.78, 5) is 42.0. The molecule has 0 bridgehead atoms. The van der Waals surface area contributed by atoms with Crippen molar-refractivity contribution in [1.82, 2.24) is 69.5 Å². The normalized spacial score (nSPS) is 11.3. The first-order chi connectivity index (χ1) is 29.5. The predicted octanol–water partition coefficient (Wildman–Crippen LogP) is 7.20. The van der Waals surface area contributed by atoms with Gasteiger partial charge in [0.1, 0.15) is 24.2 Å². The third-order valence-electron chi connectivity index (χ3n) is 8.81. The average molecular weight is 997 g/mol. The molecule has 6 heterocycles. The Hall–Kier alpha value is -5.72. The molecular weight excluding hydrogens is 956 g/mol. The minimum absolute atomic E-state index is 0.0277. The van der Waals surface area contributed by atoms with Gasteiger partial charge in [0.15, 0.2) is 10.3 Å². The van der Waals surface area contributed by atoms with Crippen LogP contribution in [-0.2, 0) is 36.9 Å². The van der Waals surface area contributed by atoms with Gasteiger partial charge < -0.3 is 20.1 Å². The Morgan fingerprint density at radius 3 is 1.62 bits per heavy atom. The molecule has 8 aromatic rings. The fourth-order valence-electron chi connectivity index (χ4n) is 5.76. The maximum atomic E-state index is 12.0. The van der Waals surface area contributed by atoms with Crippen LogP contribution in [0.25, 0.3) is 34.0 Å².